The highest BCUT2D eigenvalue weighted by molar-refractivity contribution is 9.10. The summed E-state index contributed by atoms with van der Waals surface area (Å²) >= 11 is 9.69. The SMILES string of the molecule is CCCn1c(CC)nc(-c2ccc(Br)cc2Cl)c1N. The highest BCUT2D eigenvalue weighted by atomic mass is 79.9. The van der Waals surface area contributed by atoms with Gasteiger partial charge in [0.2, 0.25) is 0 Å². The fourth-order valence-corrected chi connectivity index (χ4v) is 2.90. The van der Waals surface area contributed by atoms with Crippen molar-refractivity contribution in [2.75, 3.05) is 5.73 Å². The number of nitrogens with two attached hydrogens (primary N) is 1. The van der Waals surface area contributed by atoms with Crippen LogP contribution in [0.3, 0.4) is 0 Å². The van der Waals surface area contributed by atoms with Crippen LogP contribution in [0, 0.1) is 0 Å². The van der Waals surface area contributed by atoms with Crippen LogP contribution >= 0.6 is 27.5 Å². The molecule has 0 saturated carbocycles. The summed E-state index contributed by atoms with van der Waals surface area (Å²) in [4.78, 5) is 4.65. The number of aryl methyl sites for hydroxylation is 1. The van der Waals surface area contributed by atoms with Crippen molar-refractivity contribution in [2.45, 2.75) is 33.2 Å². The second-order valence-electron chi connectivity index (χ2n) is 4.39. The fourth-order valence-electron chi connectivity index (χ4n) is 2.14. The number of nitrogens with zero attached hydrogens (tertiary/aromatic N) is 2. The van der Waals surface area contributed by atoms with Crippen LogP contribution in [0.5, 0.6) is 0 Å². The average Bonchev–Trinajstić information content (AvgIpc) is 2.68. The van der Waals surface area contributed by atoms with Crippen molar-refractivity contribution < 1.29 is 0 Å². The van der Waals surface area contributed by atoms with E-state index in [1.165, 1.54) is 0 Å². The molecule has 1 aromatic carbocycles. The van der Waals surface area contributed by atoms with Gasteiger partial charge in [0.15, 0.2) is 0 Å². The molecule has 0 unspecified atom stereocenters. The molecule has 2 aromatic rings. The summed E-state index contributed by atoms with van der Waals surface area (Å²) in [7, 11) is 0. The topological polar surface area (TPSA) is 43.8 Å². The van der Waals surface area contributed by atoms with E-state index in [9.17, 15) is 0 Å². The second kappa shape index (κ2) is 5.97. The van der Waals surface area contributed by atoms with Gasteiger partial charge in [-0.2, -0.15) is 0 Å². The molecule has 102 valence electrons. The molecule has 0 aliphatic heterocycles. The van der Waals surface area contributed by atoms with Crippen LogP contribution in [0.25, 0.3) is 11.3 Å². The number of hydrogen-bond donors (Lipinski definition) is 1. The molecule has 3 nitrogen and oxygen atoms in total. The molecule has 0 bridgehead atoms. The summed E-state index contributed by atoms with van der Waals surface area (Å²) in [5.74, 6) is 1.70. The van der Waals surface area contributed by atoms with Crippen LogP contribution < -0.4 is 5.73 Å². The summed E-state index contributed by atoms with van der Waals surface area (Å²) in [6.07, 6.45) is 1.89. The predicted octanol–water partition coefficient (Wildman–Crippen LogP) is 4.52. The Balaban J connectivity index is 2.56. The Morgan fingerprint density at radius 1 is 1.37 bits per heavy atom. The summed E-state index contributed by atoms with van der Waals surface area (Å²) in [6, 6.07) is 5.76. The molecule has 1 heterocycles. The summed E-state index contributed by atoms with van der Waals surface area (Å²) in [5, 5.41) is 0.657. The highest BCUT2D eigenvalue weighted by Gasteiger charge is 2.16. The van der Waals surface area contributed by atoms with E-state index in [4.69, 9.17) is 17.3 Å². The van der Waals surface area contributed by atoms with E-state index in [0.717, 1.165) is 40.9 Å². The van der Waals surface area contributed by atoms with Gasteiger partial charge >= 0.3 is 0 Å². The molecule has 5 heteroatoms. The molecular formula is C14H17BrClN3. The van der Waals surface area contributed by atoms with E-state index < -0.39 is 0 Å². The predicted molar refractivity (Wildman–Crippen MR) is 84.5 cm³/mol. The van der Waals surface area contributed by atoms with E-state index in [0.29, 0.717) is 10.8 Å². The van der Waals surface area contributed by atoms with E-state index in [-0.39, 0.29) is 0 Å². The molecular weight excluding hydrogens is 326 g/mol. The number of rotatable bonds is 4. The molecule has 19 heavy (non-hydrogen) atoms. The van der Waals surface area contributed by atoms with E-state index in [2.05, 4.69) is 39.3 Å². The van der Waals surface area contributed by atoms with Gasteiger partial charge in [-0.05, 0) is 18.6 Å². The lowest BCUT2D eigenvalue weighted by Crippen LogP contribution is -2.06. The van der Waals surface area contributed by atoms with Gasteiger partial charge in [0.1, 0.15) is 17.3 Å². The van der Waals surface area contributed by atoms with Crippen molar-refractivity contribution in [1.29, 1.82) is 0 Å². The molecule has 0 fully saturated rings. The average molecular weight is 343 g/mol. The van der Waals surface area contributed by atoms with Crippen LogP contribution in [0.4, 0.5) is 5.82 Å². The van der Waals surface area contributed by atoms with Gasteiger partial charge in [-0.1, -0.05) is 47.4 Å². The first-order chi connectivity index (χ1) is 9.08. The lowest BCUT2D eigenvalue weighted by atomic mass is 10.1. The van der Waals surface area contributed by atoms with Crippen LogP contribution in [0.2, 0.25) is 5.02 Å². The van der Waals surface area contributed by atoms with E-state index in [1.54, 1.807) is 0 Å². The maximum Gasteiger partial charge on any atom is 0.131 e. The van der Waals surface area contributed by atoms with Gasteiger partial charge < -0.3 is 10.3 Å². The first-order valence-electron chi connectivity index (χ1n) is 6.38. The lowest BCUT2D eigenvalue weighted by Gasteiger charge is -2.07. The number of aromatic nitrogens is 2. The molecule has 0 aliphatic carbocycles. The molecule has 0 atom stereocenters. The number of imidazole rings is 1. The van der Waals surface area contributed by atoms with Crippen LogP contribution in [-0.2, 0) is 13.0 Å². The molecule has 1 aromatic heterocycles. The van der Waals surface area contributed by atoms with Gasteiger partial charge in [-0.25, -0.2) is 4.98 Å². The Morgan fingerprint density at radius 2 is 2.11 bits per heavy atom. The monoisotopic (exact) mass is 341 g/mol. The second-order valence-corrected chi connectivity index (χ2v) is 5.71. The minimum Gasteiger partial charge on any atom is -0.383 e. The smallest absolute Gasteiger partial charge is 0.131 e. The molecule has 2 N–H and O–H groups in total. The van der Waals surface area contributed by atoms with Crippen LogP contribution in [0.1, 0.15) is 26.1 Å². The number of halogens is 2. The van der Waals surface area contributed by atoms with Gasteiger partial charge in [0, 0.05) is 23.0 Å². The van der Waals surface area contributed by atoms with Crippen LogP contribution in [-0.4, -0.2) is 9.55 Å². The molecule has 0 saturated heterocycles. The summed E-state index contributed by atoms with van der Waals surface area (Å²) in [6.45, 7) is 5.10. The summed E-state index contributed by atoms with van der Waals surface area (Å²) < 4.78 is 3.02. The standard InChI is InChI=1S/C14H17BrClN3/c1-3-7-19-12(4-2)18-13(14(19)17)10-6-5-9(15)8-11(10)16/h5-6,8H,3-4,7,17H2,1-2H3. The van der Waals surface area contributed by atoms with Gasteiger partial charge in [0.25, 0.3) is 0 Å². The Kier molecular flexibility index (Phi) is 4.53. The zero-order chi connectivity index (χ0) is 14.0. The Bertz CT molecular complexity index is 593. The zero-order valence-corrected chi connectivity index (χ0v) is 13.4. The molecule has 0 amide bonds. The molecule has 0 spiro atoms. The Hall–Kier alpha value is -1.00. The van der Waals surface area contributed by atoms with Crippen LogP contribution in [0.15, 0.2) is 22.7 Å². The fraction of sp³-hybridized carbons (Fsp3) is 0.357. The first kappa shape index (κ1) is 14.4. The van der Waals surface area contributed by atoms with Gasteiger partial charge in [0.05, 0.1) is 5.02 Å². The zero-order valence-electron chi connectivity index (χ0n) is 11.1. The van der Waals surface area contributed by atoms with E-state index >= 15 is 0 Å². The van der Waals surface area contributed by atoms with Crippen molar-refractivity contribution in [2.24, 2.45) is 0 Å². The minimum atomic E-state index is 0.657. The molecule has 0 radical (unpaired) electrons. The van der Waals surface area contributed by atoms with Crippen molar-refractivity contribution in [3.8, 4) is 11.3 Å². The first-order valence-corrected chi connectivity index (χ1v) is 7.55. The highest BCUT2D eigenvalue weighted by Crippen LogP contribution is 2.34. The van der Waals surface area contributed by atoms with Crippen molar-refractivity contribution in [1.82, 2.24) is 9.55 Å². The Morgan fingerprint density at radius 3 is 2.68 bits per heavy atom. The van der Waals surface area contributed by atoms with E-state index in [1.807, 2.05) is 18.2 Å². The third-order valence-electron chi connectivity index (χ3n) is 3.04. The third-order valence-corrected chi connectivity index (χ3v) is 3.84. The maximum absolute atomic E-state index is 6.28. The normalized spacial score (nSPS) is 10.9. The number of nitrogen functional groups attached to an aromatic ring is 1. The maximum atomic E-state index is 6.28. The van der Waals surface area contributed by atoms with Crippen molar-refractivity contribution in [3.63, 3.8) is 0 Å². The minimum absolute atomic E-state index is 0.657. The third kappa shape index (κ3) is 2.79. The van der Waals surface area contributed by atoms with Gasteiger partial charge in [-0.3, -0.25) is 0 Å². The number of benzene rings is 1. The quantitative estimate of drug-likeness (QED) is 0.887. The lowest BCUT2D eigenvalue weighted by molar-refractivity contribution is 0.650. The van der Waals surface area contributed by atoms with Crippen molar-refractivity contribution >= 4 is 33.3 Å². The molecule has 2 rings (SSSR count). The summed E-state index contributed by atoms with van der Waals surface area (Å²) in [5.41, 5.74) is 7.90. The Labute approximate surface area is 126 Å². The van der Waals surface area contributed by atoms with Gasteiger partial charge in [-0.15, -0.1) is 0 Å². The number of anilines is 1. The largest absolute Gasteiger partial charge is 0.383 e. The van der Waals surface area contributed by atoms with Crippen molar-refractivity contribution in [3.05, 3.63) is 33.5 Å². The molecule has 0 aliphatic rings. The number of hydrogen-bond acceptors (Lipinski definition) is 2.